The van der Waals surface area contributed by atoms with Crippen LogP contribution in [0.3, 0.4) is 0 Å². The molecular formula is C11H19N5O. The van der Waals surface area contributed by atoms with E-state index in [9.17, 15) is 4.79 Å². The van der Waals surface area contributed by atoms with E-state index in [2.05, 4.69) is 20.4 Å². The van der Waals surface area contributed by atoms with Crippen LogP contribution < -0.4 is 11.1 Å². The van der Waals surface area contributed by atoms with Crippen LogP contribution in [-0.2, 0) is 11.3 Å². The molecule has 1 saturated heterocycles. The lowest BCUT2D eigenvalue weighted by molar-refractivity contribution is -0.121. The standard InChI is InChI=1S/C11H19N5O/c12-11-9(8-14-15-11)7-13-10(17)3-6-16-4-1-2-5-16/h8H,1-7H2,(H,13,17)(H3,12,14,15). The van der Waals surface area contributed by atoms with E-state index in [-0.39, 0.29) is 5.91 Å². The maximum absolute atomic E-state index is 11.6. The Hall–Kier alpha value is -1.56. The number of hydrogen-bond donors (Lipinski definition) is 3. The first-order chi connectivity index (χ1) is 8.25. The third kappa shape index (κ3) is 3.45. The van der Waals surface area contributed by atoms with Gasteiger partial charge >= 0.3 is 0 Å². The summed E-state index contributed by atoms with van der Waals surface area (Å²) < 4.78 is 0. The van der Waals surface area contributed by atoms with Crippen molar-refractivity contribution in [2.24, 2.45) is 0 Å². The van der Waals surface area contributed by atoms with Crippen LogP contribution >= 0.6 is 0 Å². The number of hydrogen-bond acceptors (Lipinski definition) is 4. The van der Waals surface area contributed by atoms with Gasteiger partial charge in [0.1, 0.15) is 5.82 Å². The molecule has 0 spiro atoms. The Morgan fingerprint density at radius 2 is 2.29 bits per heavy atom. The fourth-order valence-corrected chi connectivity index (χ4v) is 2.01. The number of nitrogen functional groups attached to an aromatic ring is 1. The van der Waals surface area contributed by atoms with Gasteiger partial charge in [0.15, 0.2) is 0 Å². The monoisotopic (exact) mass is 237 g/mol. The van der Waals surface area contributed by atoms with E-state index in [1.165, 1.54) is 12.8 Å². The molecule has 94 valence electrons. The molecule has 17 heavy (non-hydrogen) atoms. The molecular weight excluding hydrogens is 218 g/mol. The van der Waals surface area contributed by atoms with E-state index in [0.717, 1.165) is 25.2 Å². The second-order valence-electron chi connectivity index (χ2n) is 4.38. The highest BCUT2D eigenvalue weighted by molar-refractivity contribution is 5.76. The molecule has 1 aliphatic rings. The molecule has 1 amide bonds. The summed E-state index contributed by atoms with van der Waals surface area (Å²) in [6.45, 7) is 3.55. The molecule has 2 heterocycles. The van der Waals surface area contributed by atoms with Crippen molar-refractivity contribution in [3.05, 3.63) is 11.8 Å². The number of nitrogens with one attached hydrogen (secondary N) is 2. The first kappa shape index (κ1) is 11.9. The number of anilines is 1. The molecule has 1 aromatic heterocycles. The van der Waals surface area contributed by atoms with Gasteiger partial charge < -0.3 is 16.0 Å². The first-order valence-electron chi connectivity index (χ1n) is 6.02. The second kappa shape index (κ2) is 5.67. The second-order valence-corrected chi connectivity index (χ2v) is 4.38. The van der Waals surface area contributed by atoms with Crippen molar-refractivity contribution in [2.45, 2.75) is 25.8 Å². The number of aromatic amines is 1. The van der Waals surface area contributed by atoms with E-state index < -0.39 is 0 Å². The number of likely N-dealkylation sites (tertiary alicyclic amines) is 1. The summed E-state index contributed by atoms with van der Waals surface area (Å²) in [7, 11) is 0. The normalized spacial score (nSPS) is 16.2. The molecule has 0 radical (unpaired) electrons. The Morgan fingerprint density at radius 3 is 2.94 bits per heavy atom. The van der Waals surface area contributed by atoms with Gasteiger partial charge in [0.25, 0.3) is 0 Å². The highest BCUT2D eigenvalue weighted by Gasteiger charge is 2.12. The highest BCUT2D eigenvalue weighted by Crippen LogP contribution is 2.08. The van der Waals surface area contributed by atoms with Gasteiger partial charge in [-0.1, -0.05) is 0 Å². The summed E-state index contributed by atoms with van der Waals surface area (Å²) in [6.07, 6.45) is 4.70. The Labute approximate surface area is 101 Å². The van der Waals surface area contributed by atoms with Crippen molar-refractivity contribution in [2.75, 3.05) is 25.4 Å². The molecule has 0 aliphatic carbocycles. The quantitative estimate of drug-likeness (QED) is 0.677. The molecule has 0 aromatic carbocycles. The Morgan fingerprint density at radius 1 is 1.53 bits per heavy atom. The van der Waals surface area contributed by atoms with Gasteiger partial charge in [0, 0.05) is 25.1 Å². The number of carbonyl (C=O) groups excluding carboxylic acids is 1. The van der Waals surface area contributed by atoms with E-state index in [1.54, 1.807) is 6.20 Å². The molecule has 1 aliphatic heterocycles. The minimum absolute atomic E-state index is 0.0671. The maximum Gasteiger partial charge on any atom is 0.221 e. The van der Waals surface area contributed by atoms with Crippen molar-refractivity contribution in [1.29, 1.82) is 0 Å². The van der Waals surface area contributed by atoms with Crippen LogP contribution in [0.15, 0.2) is 6.20 Å². The van der Waals surface area contributed by atoms with Crippen LogP contribution in [0.25, 0.3) is 0 Å². The van der Waals surface area contributed by atoms with E-state index in [1.807, 2.05) is 0 Å². The average molecular weight is 237 g/mol. The van der Waals surface area contributed by atoms with Crippen molar-refractivity contribution in [3.63, 3.8) is 0 Å². The smallest absolute Gasteiger partial charge is 0.221 e. The Balaban J connectivity index is 1.65. The number of aromatic nitrogens is 2. The molecule has 4 N–H and O–H groups in total. The van der Waals surface area contributed by atoms with E-state index >= 15 is 0 Å². The van der Waals surface area contributed by atoms with Gasteiger partial charge in [-0.25, -0.2) is 0 Å². The summed E-state index contributed by atoms with van der Waals surface area (Å²) in [5.74, 6) is 0.586. The van der Waals surface area contributed by atoms with Crippen LogP contribution in [0.5, 0.6) is 0 Å². The fourth-order valence-electron chi connectivity index (χ4n) is 2.01. The van der Waals surface area contributed by atoms with Crippen molar-refractivity contribution in [1.82, 2.24) is 20.4 Å². The summed E-state index contributed by atoms with van der Waals surface area (Å²) in [5.41, 5.74) is 6.46. The topological polar surface area (TPSA) is 87.0 Å². The predicted octanol–water partition coefficient (Wildman–Crippen LogP) is 0.0940. The lowest BCUT2D eigenvalue weighted by atomic mass is 10.3. The van der Waals surface area contributed by atoms with Crippen LogP contribution in [0.4, 0.5) is 5.82 Å². The van der Waals surface area contributed by atoms with Crippen LogP contribution in [0.1, 0.15) is 24.8 Å². The zero-order valence-electron chi connectivity index (χ0n) is 9.91. The van der Waals surface area contributed by atoms with Gasteiger partial charge in [0.05, 0.1) is 6.20 Å². The lowest BCUT2D eigenvalue weighted by Crippen LogP contribution is -2.29. The summed E-state index contributed by atoms with van der Waals surface area (Å²) >= 11 is 0. The van der Waals surface area contributed by atoms with Crippen molar-refractivity contribution >= 4 is 11.7 Å². The number of nitrogens with two attached hydrogens (primary N) is 1. The van der Waals surface area contributed by atoms with Gasteiger partial charge in [-0.2, -0.15) is 5.10 Å². The van der Waals surface area contributed by atoms with E-state index in [4.69, 9.17) is 5.73 Å². The molecule has 0 saturated carbocycles. The zero-order chi connectivity index (χ0) is 12.1. The predicted molar refractivity (Wildman–Crippen MR) is 65.1 cm³/mol. The number of nitrogens with zero attached hydrogens (tertiary/aromatic N) is 2. The third-order valence-corrected chi connectivity index (χ3v) is 3.08. The largest absolute Gasteiger partial charge is 0.384 e. The molecule has 0 unspecified atom stereocenters. The van der Waals surface area contributed by atoms with Gasteiger partial charge in [-0.05, 0) is 25.9 Å². The van der Waals surface area contributed by atoms with Gasteiger partial charge in [0.2, 0.25) is 5.91 Å². The Kier molecular flexibility index (Phi) is 3.98. The summed E-state index contributed by atoms with van der Waals surface area (Å²) in [4.78, 5) is 13.9. The molecule has 2 rings (SSSR count). The van der Waals surface area contributed by atoms with Crippen molar-refractivity contribution in [3.8, 4) is 0 Å². The van der Waals surface area contributed by atoms with E-state index in [0.29, 0.717) is 18.8 Å². The number of rotatable bonds is 5. The molecule has 0 atom stereocenters. The van der Waals surface area contributed by atoms with Crippen LogP contribution in [-0.4, -0.2) is 40.6 Å². The van der Waals surface area contributed by atoms with Gasteiger partial charge in [-0.3, -0.25) is 9.89 Å². The van der Waals surface area contributed by atoms with Crippen molar-refractivity contribution < 1.29 is 4.79 Å². The summed E-state index contributed by atoms with van der Waals surface area (Å²) in [5, 5.41) is 9.28. The molecule has 0 bridgehead atoms. The first-order valence-corrected chi connectivity index (χ1v) is 6.02. The maximum atomic E-state index is 11.6. The minimum atomic E-state index is 0.0671. The lowest BCUT2D eigenvalue weighted by Gasteiger charge is -2.13. The number of H-pyrrole nitrogens is 1. The minimum Gasteiger partial charge on any atom is -0.384 e. The molecule has 1 aromatic rings. The molecule has 1 fully saturated rings. The average Bonchev–Trinajstić information content (AvgIpc) is 2.95. The highest BCUT2D eigenvalue weighted by atomic mass is 16.1. The number of carbonyl (C=O) groups is 1. The Bertz CT molecular complexity index is 370. The third-order valence-electron chi connectivity index (χ3n) is 3.08. The van der Waals surface area contributed by atoms with Crippen LogP contribution in [0, 0.1) is 0 Å². The van der Waals surface area contributed by atoms with Gasteiger partial charge in [-0.15, -0.1) is 0 Å². The summed E-state index contributed by atoms with van der Waals surface area (Å²) in [6, 6.07) is 0. The molecule has 6 heteroatoms. The SMILES string of the molecule is Nc1[nH]ncc1CNC(=O)CCN1CCCC1. The molecule has 6 nitrogen and oxygen atoms in total. The number of amides is 1. The van der Waals surface area contributed by atoms with Crippen LogP contribution in [0.2, 0.25) is 0 Å². The fraction of sp³-hybridized carbons (Fsp3) is 0.636. The zero-order valence-corrected chi connectivity index (χ0v) is 9.91.